The highest BCUT2D eigenvalue weighted by Crippen LogP contribution is 2.31. The molecule has 1 aliphatic rings. The Morgan fingerprint density at radius 2 is 1.47 bits per heavy atom. The van der Waals surface area contributed by atoms with Crippen LogP contribution >= 0.6 is 0 Å². The average molecular weight is 402 g/mol. The Bertz CT molecular complexity index is 1150. The summed E-state index contributed by atoms with van der Waals surface area (Å²) in [4.78, 5) is 51.4. The number of imide groups is 1. The molecule has 0 spiro atoms. The largest absolute Gasteiger partial charge is 0.465 e. The molecule has 3 aromatic carbocycles. The van der Waals surface area contributed by atoms with E-state index in [4.69, 9.17) is 0 Å². The summed E-state index contributed by atoms with van der Waals surface area (Å²) in [5, 5.41) is 4.08. The Kier molecular flexibility index (Phi) is 4.79. The van der Waals surface area contributed by atoms with E-state index in [0.29, 0.717) is 27.8 Å². The molecule has 0 fully saturated rings. The molecule has 0 bridgehead atoms. The molecule has 1 atom stereocenters. The van der Waals surface area contributed by atoms with Crippen LogP contribution in [0.3, 0.4) is 0 Å². The second kappa shape index (κ2) is 7.44. The van der Waals surface area contributed by atoms with Crippen molar-refractivity contribution in [3.8, 4) is 0 Å². The van der Waals surface area contributed by atoms with Crippen LogP contribution in [0.4, 0.5) is 5.69 Å². The molecule has 1 aliphatic heterocycles. The lowest BCUT2D eigenvalue weighted by Crippen LogP contribution is -2.50. The molecular formula is C23H18N2O5. The summed E-state index contributed by atoms with van der Waals surface area (Å²) in [5.74, 6) is -2.02. The third-order valence-electron chi connectivity index (χ3n) is 5.14. The number of methoxy groups -OCH3 is 1. The first-order chi connectivity index (χ1) is 14.4. The zero-order valence-electron chi connectivity index (χ0n) is 16.3. The van der Waals surface area contributed by atoms with E-state index in [0.717, 1.165) is 10.3 Å². The zero-order valence-corrected chi connectivity index (χ0v) is 16.3. The Morgan fingerprint density at radius 3 is 2.00 bits per heavy atom. The molecule has 1 N–H and O–H groups in total. The maximum atomic E-state index is 13.0. The summed E-state index contributed by atoms with van der Waals surface area (Å²) in [6.45, 7) is 1.50. The summed E-state index contributed by atoms with van der Waals surface area (Å²) in [7, 11) is 1.28. The Morgan fingerprint density at radius 1 is 0.900 bits per heavy atom. The van der Waals surface area contributed by atoms with E-state index >= 15 is 0 Å². The molecule has 150 valence electrons. The van der Waals surface area contributed by atoms with Crippen molar-refractivity contribution in [2.24, 2.45) is 0 Å². The van der Waals surface area contributed by atoms with E-state index in [-0.39, 0.29) is 0 Å². The van der Waals surface area contributed by atoms with Crippen molar-refractivity contribution in [1.29, 1.82) is 0 Å². The van der Waals surface area contributed by atoms with E-state index in [2.05, 4.69) is 10.1 Å². The smallest absolute Gasteiger partial charge is 0.337 e. The van der Waals surface area contributed by atoms with Gasteiger partial charge in [0, 0.05) is 22.2 Å². The van der Waals surface area contributed by atoms with Crippen LogP contribution in [0.5, 0.6) is 0 Å². The number of nitrogens with zero attached hydrogens (tertiary/aromatic N) is 1. The molecule has 7 nitrogen and oxygen atoms in total. The third-order valence-corrected chi connectivity index (χ3v) is 5.14. The van der Waals surface area contributed by atoms with E-state index < -0.39 is 29.7 Å². The molecule has 0 aromatic heterocycles. The Labute approximate surface area is 172 Å². The van der Waals surface area contributed by atoms with Crippen molar-refractivity contribution in [2.45, 2.75) is 13.0 Å². The maximum absolute atomic E-state index is 13.0. The van der Waals surface area contributed by atoms with Crippen LogP contribution in [0, 0.1) is 0 Å². The van der Waals surface area contributed by atoms with Crippen LogP contribution in [0.15, 0.2) is 60.7 Å². The van der Waals surface area contributed by atoms with Gasteiger partial charge in [-0.1, -0.05) is 24.3 Å². The van der Waals surface area contributed by atoms with Crippen molar-refractivity contribution in [1.82, 2.24) is 4.90 Å². The van der Waals surface area contributed by atoms with Gasteiger partial charge in [-0.25, -0.2) is 4.79 Å². The van der Waals surface area contributed by atoms with E-state index in [1.807, 2.05) is 12.1 Å². The van der Waals surface area contributed by atoms with Crippen molar-refractivity contribution in [3.63, 3.8) is 0 Å². The molecule has 1 heterocycles. The number of ether oxygens (including phenoxy) is 1. The minimum atomic E-state index is -1.03. The fraction of sp³-hybridized carbons (Fsp3) is 0.130. The lowest BCUT2D eigenvalue weighted by atomic mass is 9.93. The first kappa shape index (κ1) is 19.3. The van der Waals surface area contributed by atoms with Gasteiger partial charge in [-0.05, 0) is 48.7 Å². The summed E-state index contributed by atoms with van der Waals surface area (Å²) in [6, 6.07) is 15.6. The van der Waals surface area contributed by atoms with Gasteiger partial charge >= 0.3 is 5.97 Å². The highest BCUT2D eigenvalue weighted by atomic mass is 16.5. The van der Waals surface area contributed by atoms with Crippen LogP contribution in [0.2, 0.25) is 0 Å². The number of anilines is 1. The molecule has 4 rings (SSSR count). The lowest BCUT2D eigenvalue weighted by molar-refractivity contribution is -0.119. The fourth-order valence-corrected chi connectivity index (χ4v) is 3.57. The fourth-order valence-electron chi connectivity index (χ4n) is 3.57. The molecule has 7 heteroatoms. The number of carbonyl (C=O) groups excluding carboxylic acids is 4. The number of hydrogen-bond acceptors (Lipinski definition) is 5. The third kappa shape index (κ3) is 3.10. The van der Waals surface area contributed by atoms with Gasteiger partial charge in [-0.3, -0.25) is 19.3 Å². The van der Waals surface area contributed by atoms with Crippen LogP contribution in [0.25, 0.3) is 10.8 Å². The lowest BCUT2D eigenvalue weighted by Gasteiger charge is -2.31. The minimum Gasteiger partial charge on any atom is -0.465 e. The van der Waals surface area contributed by atoms with Crippen LogP contribution in [-0.2, 0) is 9.53 Å². The molecule has 30 heavy (non-hydrogen) atoms. The highest BCUT2D eigenvalue weighted by Gasteiger charge is 2.38. The number of esters is 1. The number of rotatable bonds is 4. The van der Waals surface area contributed by atoms with Gasteiger partial charge in [0.15, 0.2) is 0 Å². The zero-order chi connectivity index (χ0) is 21.4. The standard InChI is InChI=1S/C23H18N2O5/c1-13(20(26)24-16-11-9-15(10-12-16)23(29)30-2)25-21(27)17-7-3-5-14-6-4-8-18(19(14)17)22(25)28/h3-13H,1-2H3,(H,24,26)/t13-/m1/s1. The first-order valence-electron chi connectivity index (χ1n) is 9.31. The SMILES string of the molecule is COC(=O)c1ccc(NC(=O)[C@@H](C)N2C(=O)c3cccc4cccc(c34)C2=O)cc1. The average Bonchev–Trinajstić information content (AvgIpc) is 2.77. The highest BCUT2D eigenvalue weighted by molar-refractivity contribution is 6.26. The summed E-state index contributed by atoms with van der Waals surface area (Å²) >= 11 is 0. The molecule has 3 amide bonds. The van der Waals surface area contributed by atoms with Crippen molar-refractivity contribution >= 4 is 40.2 Å². The number of benzene rings is 3. The Hall–Kier alpha value is -4.00. The number of nitrogens with one attached hydrogen (secondary N) is 1. The van der Waals surface area contributed by atoms with Gasteiger partial charge in [0.1, 0.15) is 6.04 Å². The van der Waals surface area contributed by atoms with Gasteiger partial charge < -0.3 is 10.1 Å². The molecule has 0 saturated carbocycles. The molecule has 0 unspecified atom stereocenters. The first-order valence-corrected chi connectivity index (χ1v) is 9.31. The molecular weight excluding hydrogens is 384 g/mol. The van der Waals surface area contributed by atoms with Gasteiger partial charge in [-0.15, -0.1) is 0 Å². The van der Waals surface area contributed by atoms with Gasteiger partial charge in [-0.2, -0.15) is 0 Å². The minimum absolute atomic E-state index is 0.342. The second-order valence-electron chi connectivity index (χ2n) is 6.92. The summed E-state index contributed by atoms with van der Waals surface area (Å²) < 4.78 is 4.64. The summed E-state index contributed by atoms with van der Waals surface area (Å²) in [5.41, 5.74) is 1.56. The quantitative estimate of drug-likeness (QED) is 0.534. The summed E-state index contributed by atoms with van der Waals surface area (Å²) in [6.07, 6.45) is 0. The number of carbonyl (C=O) groups is 4. The predicted octanol–water partition coefficient (Wildman–Crippen LogP) is 3.25. The van der Waals surface area contributed by atoms with Gasteiger partial charge in [0.05, 0.1) is 12.7 Å². The van der Waals surface area contributed by atoms with Gasteiger partial charge in [0.25, 0.3) is 11.8 Å². The second-order valence-corrected chi connectivity index (χ2v) is 6.92. The molecule has 0 saturated heterocycles. The molecule has 0 radical (unpaired) electrons. The monoisotopic (exact) mass is 402 g/mol. The number of amides is 3. The van der Waals surface area contributed by atoms with Crippen molar-refractivity contribution < 1.29 is 23.9 Å². The van der Waals surface area contributed by atoms with E-state index in [1.54, 1.807) is 36.4 Å². The maximum Gasteiger partial charge on any atom is 0.337 e. The van der Waals surface area contributed by atoms with Crippen LogP contribution in [-0.4, -0.2) is 41.7 Å². The predicted molar refractivity (Wildman–Crippen MR) is 110 cm³/mol. The van der Waals surface area contributed by atoms with Crippen molar-refractivity contribution in [3.05, 3.63) is 77.4 Å². The normalized spacial score (nSPS) is 13.9. The van der Waals surface area contributed by atoms with E-state index in [9.17, 15) is 19.2 Å². The topological polar surface area (TPSA) is 92.8 Å². The number of hydrogen-bond donors (Lipinski definition) is 1. The Balaban J connectivity index is 1.59. The van der Waals surface area contributed by atoms with Gasteiger partial charge in [0.2, 0.25) is 5.91 Å². The van der Waals surface area contributed by atoms with E-state index in [1.165, 1.54) is 26.2 Å². The van der Waals surface area contributed by atoms with Crippen molar-refractivity contribution in [2.75, 3.05) is 12.4 Å². The van der Waals surface area contributed by atoms with Crippen LogP contribution < -0.4 is 5.32 Å². The molecule has 3 aromatic rings. The molecule has 0 aliphatic carbocycles. The van der Waals surface area contributed by atoms with Crippen LogP contribution in [0.1, 0.15) is 38.0 Å².